The summed E-state index contributed by atoms with van der Waals surface area (Å²) in [6.07, 6.45) is 2.48. The van der Waals surface area contributed by atoms with Crippen molar-refractivity contribution in [3.8, 4) is 0 Å². The number of carbonyl (C=O) groups excluding carboxylic acids is 2. The van der Waals surface area contributed by atoms with Gasteiger partial charge in [-0.1, -0.05) is 39.3 Å². The standard InChI is InChI=1S/C19H27FN2O3S/c1-4-5-10-25-18(23)16-12-26-17(11-13(2)3)22(16)19(24)21-15-9-7-6-8-14(15)20/h6-9,13,16-17H,4-5,10-12H2,1-3H3,(H,21,24). The van der Waals surface area contributed by atoms with Crippen LogP contribution in [0.25, 0.3) is 0 Å². The molecule has 2 rings (SSSR count). The van der Waals surface area contributed by atoms with Crippen molar-refractivity contribution in [2.75, 3.05) is 17.7 Å². The van der Waals surface area contributed by atoms with Gasteiger partial charge in [0.15, 0.2) is 0 Å². The zero-order chi connectivity index (χ0) is 19.1. The average Bonchev–Trinajstić information content (AvgIpc) is 3.00. The third-order valence-electron chi connectivity index (χ3n) is 4.13. The number of anilines is 1. The van der Waals surface area contributed by atoms with Gasteiger partial charge in [0.2, 0.25) is 0 Å². The van der Waals surface area contributed by atoms with Gasteiger partial charge < -0.3 is 10.1 Å². The molecular formula is C19H27FN2O3S. The number of carbonyl (C=O) groups is 2. The van der Waals surface area contributed by atoms with Crippen LogP contribution >= 0.6 is 11.8 Å². The number of thioether (sulfide) groups is 1. The number of hydrogen-bond acceptors (Lipinski definition) is 4. The predicted molar refractivity (Wildman–Crippen MR) is 103 cm³/mol. The van der Waals surface area contributed by atoms with Gasteiger partial charge in [0.25, 0.3) is 0 Å². The summed E-state index contributed by atoms with van der Waals surface area (Å²) >= 11 is 1.57. The molecule has 1 aliphatic heterocycles. The summed E-state index contributed by atoms with van der Waals surface area (Å²) < 4.78 is 19.2. The van der Waals surface area contributed by atoms with E-state index in [9.17, 15) is 14.0 Å². The molecule has 1 aromatic carbocycles. The van der Waals surface area contributed by atoms with Gasteiger partial charge in [-0.2, -0.15) is 0 Å². The van der Waals surface area contributed by atoms with Crippen molar-refractivity contribution in [1.82, 2.24) is 4.90 Å². The molecule has 1 saturated heterocycles. The van der Waals surface area contributed by atoms with Crippen LogP contribution in [0.15, 0.2) is 24.3 Å². The van der Waals surface area contributed by atoms with Crippen LogP contribution in [0.2, 0.25) is 0 Å². The summed E-state index contributed by atoms with van der Waals surface area (Å²) in [6.45, 7) is 6.51. The van der Waals surface area contributed by atoms with Crippen LogP contribution < -0.4 is 5.32 Å². The molecule has 7 heteroatoms. The van der Waals surface area contributed by atoms with E-state index in [1.54, 1.807) is 23.9 Å². The number of nitrogens with zero attached hydrogens (tertiary/aromatic N) is 1. The smallest absolute Gasteiger partial charge is 0.329 e. The van der Waals surface area contributed by atoms with E-state index in [1.165, 1.54) is 17.0 Å². The molecule has 1 fully saturated rings. The molecule has 26 heavy (non-hydrogen) atoms. The van der Waals surface area contributed by atoms with E-state index in [4.69, 9.17) is 4.74 Å². The van der Waals surface area contributed by atoms with Crippen LogP contribution in [-0.2, 0) is 9.53 Å². The van der Waals surface area contributed by atoms with Crippen LogP contribution in [0, 0.1) is 11.7 Å². The van der Waals surface area contributed by atoms with Crippen LogP contribution in [0.1, 0.15) is 40.0 Å². The van der Waals surface area contributed by atoms with Gasteiger partial charge in [0.05, 0.1) is 17.7 Å². The molecule has 1 N–H and O–H groups in total. The summed E-state index contributed by atoms with van der Waals surface area (Å²) in [4.78, 5) is 26.8. The van der Waals surface area contributed by atoms with E-state index in [0.29, 0.717) is 18.3 Å². The number of unbranched alkanes of at least 4 members (excludes halogenated alkanes) is 1. The minimum absolute atomic E-state index is 0.107. The maximum absolute atomic E-state index is 13.9. The summed E-state index contributed by atoms with van der Waals surface area (Å²) in [5.41, 5.74) is 0.107. The van der Waals surface area contributed by atoms with Gasteiger partial charge in [0.1, 0.15) is 11.9 Å². The lowest BCUT2D eigenvalue weighted by Crippen LogP contribution is -2.48. The first kappa shape index (κ1) is 20.6. The van der Waals surface area contributed by atoms with Gasteiger partial charge >= 0.3 is 12.0 Å². The molecule has 144 valence electrons. The molecule has 0 radical (unpaired) electrons. The Hall–Kier alpha value is -1.76. The maximum Gasteiger partial charge on any atom is 0.329 e. The Balaban J connectivity index is 2.14. The minimum atomic E-state index is -0.646. The number of benzene rings is 1. The SMILES string of the molecule is CCCCOC(=O)C1CSC(CC(C)C)N1C(=O)Nc1ccccc1F. The second kappa shape index (κ2) is 9.80. The lowest BCUT2D eigenvalue weighted by Gasteiger charge is -2.29. The van der Waals surface area contributed by atoms with E-state index in [-0.39, 0.29) is 17.0 Å². The maximum atomic E-state index is 13.9. The van der Waals surface area contributed by atoms with E-state index < -0.39 is 17.9 Å². The van der Waals surface area contributed by atoms with Gasteiger partial charge in [0, 0.05) is 5.75 Å². The number of amides is 2. The van der Waals surface area contributed by atoms with Crippen LogP contribution in [0.4, 0.5) is 14.9 Å². The minimum Gasteiger partial charge on any atom is -0.464 e. The molecule has 1 aromatic rings. The highest BCUT2D eigenvalue weighted by atomic mass is 32.2. The second-order valence-corrected chi connectivity index (χ2v) is 7.98. The molecule has 0 bridgehead atoms. The number of rotatable bonds is 7. The number of urea groups is 1. The number of hydrogen-bond donors (Lipinski definition) is 1. The average molecular weight is 383 g/mol. The normalized spacial score (nSPS) is 19.7. The molecule has 2 unspecified atom stereocenters. The molecule has 0 aliphatic carbocycles. The molecular weight excluding hydrogens is 355 g/mol. The van der Waals surface area contributed by atoms with Gasteiger partial charge in [-0.15, -0.1) is 11.8 Å². The number of halogens is 1. The molecule has 0 saturated carbocycles. The Morgan fingerprint density at radius 3 is 2.77 bits per heavy atom. The molecule has 0 aromatic heterocycles. The zero-order valence-electron chi connectivity index (χ0n) is 15.5. The van der Waals surface area contributed by atoms with Crippen molar-refractivity contribution in [1.29, 1.82) is 0 Å². The number of para-hydroxylation sites is 1. The Bertz CT molecular complexity index is 627. The second-order valence-electron chi connectivity index (χ2n) is 6.77. The fourth-order valence-electron chi connectivity index (χ4n) is 2.76. The highest BCUT2D eigenvalue weighted by Crippen LogP contribution is 2.34. The third kappa shape index (κ3) is 5.37. The molecule has 2 amide bonds. The number of esters is 1. The van der Waals surface area contributed by atoms with Gasteiger partial charge in [-0.05, 0) is 30.9 Å². The lowest BCUT2D eigenvalue weighted by molar-refractivity contribution is -0.148. The molecule has 1 heterocycles. The number of ether oxygens (including phenoxy) is 1. The monoisotopic (exact) mass is 382 g/mol. The van der Waals surface area contributed by atoms with Gasteiger partial charge in [-0.25, -0.2) is 14.0 Å². The largest absolute Gasteiger partial charge is 0.464 e. The van der Waals surface area contributed by atoms with E-state index in [0.717, 1.165) is 19.3 Å². The quantitative estimate of drug-likeness (QED) is 0.558. The fraction of sp³-hybridized carbons (Fsp3) is 0.579. The van der Waals surface area contributed by atoms with E-state index >= 15 is 0 Å². The molecule has 2 atom stereocenters. The Labute approximate surface area is 158 Å². The van der Waals surface area contributed by atoms with E-state index in [2.05, 4.69) is 19.2 Å². The van der Waals surface area contributed by atoms with Crippen molar-refractivity contribution in [2.24, 2.45) is 5.92 Å². The summed E-state index contributed by atoms with van der Waals surface area (Å²) in [7, 11) is 0. The highest BCUT2D eigenvalue weighted by molar-refractivity contribution is 8.00. The Kier molecular flexibility index (Phi) is 7.75. The first-order chi connectivity index (χ1) is 12.4. The van der Waals surface area contributed by atoms with Crippen molar-refractivity contribution in [2.45, 2.75) is 51.4 Å². The summed E-state index contributed by atoms with van der Waals surface area (Å²) in [5, 5.41) is 2.46. The van der Waals surface area contributed by atoms with Gasteiger partial charge in [-0.3, -0.25) is 4.90 Å². The van der Waals surface area contributed by atoms with Crippen LogP contribution in [0.5, 0.6) is 0 Å². The topological polar surface area (TPSA) is 58.6 Å². The Morgan fingerprint density at radius 1 is 1.38 bits per heavy atom. The van der Waals surface area contributed by atoms with Crippen LogP contribution in [-0.4, -0.2) is 40.7 Å². The van der Waals surface area contributed by atoms with Crippen molar-refractivity contribution in [3.63, 3.8) is 0 Å². The highest BCUT2D eigenvalue weighted by Gasteiger charge is 2.42. The zero-order valence-corrected chi connectivity index (χ0v) is 16.4. The lowest BCUT2D eigenvalue weighted by atomic mass is 10.1. The summed E-state index contributed by atoms with van der Waals surface area (Å²) in [5.74, 6) is -0.0327. The fourth-order valence-corrected chi connectivity index (χ4v) is 4.38. The van der Waals surface area contributed by atoms with Crippen molar-refractivity contribution < 1.29 is 18.7 Å². The number of nitrogens with one attached hydrogen (secondary N) is 1. The van der Waals surface area contributed by atoms with E-state index in [1.807, 2.05) is 6.92 Å². The molecule has 1 aliphatic rings. The molecule has 5 nitrogen and oxygen atoms in total. The van der Waals surface area contributed by atoms with Crippen LogP contribution in [0.3, 0.4) is 0 Å². The summed E-state index contributed by atoms with van der Waals surface area (Å²) in [6, 6.07) is 4.89. The van der Waals surface area contributed by atoms with Crippen molar-refractivity contribution in [3.05, 3.63) is 30.1 Å². The first-order valence-electron chi connectivity index (χ1n) is 9.06. The predicted octanol–water partition coefficient (Wildman–Crippen LogP) is 4.49. The Morgan fingerprint density at radius 2 is 2.12 bits per heavy atom. The first-order valence-corrected chi connectivity index (χ1v) is 10.1. The third-order valence-corrected chi connectivity index (χ3v) is 5.44. The van der Waals surface area contributed by atoms with Crippen molar-refractivity contribution >= 4 is 29.4 Å². The molecule has 0 spiro atoms.